The van der Waals surface area contributed by atoms with Crippen molar-refractivity contribution in [2.24, 2.45) is 17.8 Å². The highest BCUT2D eigenvalue weighted by molar-refractivity contribution is 7.09. The summed E-state index contributed by atoms with van der Waals surface area (Å²) in [5.41, 5.74) is 1.08. The summed E-state index contributed by atoms with van der Waals surface area (Å²) in [7, 11) is 0. The summed E-state index contributed by atoms with van der Waals surface area (Å²) in [5, 5.41) is 14.2. The molecule has 200 valence electrons. The van der Waals surface area contributed by atoms with E-state index < -0.39 is 5.92 Å². The first-order valence-corrected chi connectivity index (χ1v) is 14.0. The zero-order chi connectivity index (χ0) is 26.6. The number of esters is 1. The quantitative estimate of drug-likeness (QED) is 0.346. The van der Waals surface area contributed by atoms with Crippen molar-refractivity contribution in [3.8, 4) is 5.75 Å². The summed E-state index contributed by atoms with van der Waals surface area (Å²) < 4.78 is 5.13. The Morgan fingerprint density at radius 1 is 1.14 bits per heavy atom. The number of ketones is 2. The van der Waals surface area contributed by atoms with Gasteiger partial charge in [0.25, 0.3) is 0 Å². The Hall–Kier alpha value is -3.00. The Balaban J connectivity index is 1.61. The van der Waals surface area contributed by atoms with Crippen molar-refractivity contribution in [1.29, 1.82) is 0 Å². The normalized spacial score (nSPS) is 18.6. The van der Waals surface area contributed by atoms with Gasteiger partial charge in [-0.3, -0.25) is 19.2 Å². The molecule has 0 radical (unpaired) electrons. The van der Waals surface area contributed by atoms with E-state index in [1.54, 1.807) is 30.4 Å². The van der Waals surface area contributed by atoms with Gasteiger partial charge in [0.1, 0.15) is 11.5 Å². The van der Waals surface area contributed by atoms with Gasteiger partial charge in [0.2, 0.25) is 5.91 Å². The molecule has 1 aromatic carbocycles. The number of thiophene rings is 1. The number of carbonyl (C=O) groups is 4. The van der Waals surface area contributed by atoms with Crippen molar-refractivity contribution in [2.45, 2.75) is 64.7 Å². The van der Waals surface area contributed by atoms with Gasteiger partial charge in [-0.25, -0.2) is 0 Å². The lowest BCUT2D eigenvalue weighted by atomic mass is 9.80. The van der Waals surface area contributed by atoms with Crippen LogP contribution in [-0.4, -0.2) is 41.7 Å². The molecule has 37 heavy (non-hydrogen) atoms. The molecule has 3 rings (SSSR count). The summed E-state index contributed by atoms with van der Waals surface area (Å²) in [6.07, 6.45) is 4.40. The monoisotopic (exact) mass is 527 g/mol. The molecule has 1 aliphatic rings. The smallest absolute Gasteiger partial charge is 0.306 e. The van der Waals surface area contributed by atoms with E-state index in [0.29, 0.717) is 19.3 Å². The number of Topliss-reactive ketones (excluding diaryl/α,β-unsaturated/α-hetero) is 2. The Labute approximate surface area is 222 Å². The molecule has 0 aliphatic carbocycles. The van der Waals surface area contributed by atoms with Gasteiger partial charge in [0.05, 0.1) is 13.2 Å². The van der Waals surface area contributed by atoms with E-state index in [4.69, 9.17) is 4.74 Å². The molecule has 0 spiro atoms. The number of hydrogen-bond acceptors (Lipinski definition) is 7. The third-order valence-corrected chi connectivity index (χ3v) is 7.87. The van der Waals surface area contributed by atoms with Crippen LogP contribution < -0.4 is 5.32 Å². The first kappa shape index (κ1) is 28.6. The molecule has 1 amide bonds. The number of ether oxygens (including phenoxy) is 1. The lowest BCUT2D eigenvalue weighted by molar-refractivity contribution is -0.144. The number of nitrogens with one attached hydrogen (secondary N) is 1. The molecular formula is C29H37NO6S. The van der Waals surface area contributed by atoms with Crippen LogP contribution in [0.25, 0.3) is 0 Å². The lowest BCUT2D eigenvalue weighted by Crippen LogP contribution is -2.34. The van der Waals surface area contributed by atoms with E-state index in [1.165, 1.54) is 4.88 Å². The summed E-state index contributed by atoms with van der Waals surface area (Å²) in [6, 6.07) is 11.0. The second-order valence-corrected chi connectivity index (χ2v) is 10.9. The Morgan fingerprint density at radius 2 is 1.92 bits per heavy atom. The van der Waals surface area contributed by atoms with Crippen molar-refractivity contribution in [2.75, 3.05) is 13.2 Å². The minimum atomic E-state index is -0.542. The number of phenolic OH excluding ortho intramolecular Hbond substituents is 1. The molecule has 8 heteroatoms. The number of aromatic hydroxyl groups is 1. The van der Waals surface area contributed by atoms with E-state index in [-0.39, 0.29) is 73.4 Å². The van der Waals surface area contributed by atoms with E-state index in [0.717, 1.165) is 24.8 Å². The number of amides is 1. The Kier molecular flexibility index (Phi) is 11.3. The van der Waals surface area contributed by atoms with Crippen LogP contribution in [0, 0.1) is 17.8 Å². The van der Waals surface area contributed by atoms with Crippen LogP contribution in [0.2, 0.25) is 0 Å². The summed E-state index contributed by atoms with van der Waals surface area (Å²) >= 11 is 1.65. The topological polar surface area (TPSA) is 110 Å². The minimum Gasteiger partial charge on any atom is -0.508 e. The van der Waals surface area contributed by atoms with Gasteiger partial charge in [0, 0.05) is 36.5 Å². The van der Waals surface area contributed by atoms with Crippen LogP contribution in [-0.2, 0) is 36.8 Å². The molecule has 1 aromatic heterocycles. The summed E-state index contributed by atoms with van der Waals surface area (Å²) in [4.78, 5) is 51.8. The van der Waals surface area contributed by atoms with Gasteiger partial charge >= 0.3 is 5.97 Å². The van der Waals surface area contributed by atoms with E-state index in [2.05, 4.69) is 5.32 Å². The van der Waals surface area contributed by atoms with Crippen molar-refractivity contribution >= 4 is 34.8 Å². The first-order chi connectivity index (χ1) is 17.8. The predicted molar refractivity (Wildman–Crippen MR) is 142 cm³/mol. The number of carbonyl (C=O) groups excluding carboxylic acids is 4. The van der Waals surface area contributed by atoms with E-state index in [1.807, 2.05) is 29.6 Å². The second kappa shape index (κ2) is 14.7. The lowest BCUT2D eigenvalue weighted by Gasteiger charge is -2.23. The van der Waals surface area contributed by atoms with Gasteiger partial charge in [-0.15, -0.1) is 11.3 Å². The predicted octanol–water partition coefficient (Wildman–Crippen LogP) is 4.65. The van der Waals surface area contributed by atoms with Crippen LogP contribution in [0.5, 0.6) is 5.75 Å². The second-order valence-electron chi connectivity index (χ2n) is 9.83. The van der Waals surface area contributed by atoms with Crippen molar-refractivity contribution in [3.63, 3.8) is 0 Å². The fourth-order valence-corrected chi connectivity index (χ4v) is 5.75. The van der Waals surface area contributed by atoms with Crippen LogP contribution in [0.1, 0.15) is 62.3 Å². The molecule has 3 unspecified atom stereocenters. The van der Waals surface area contributed by atoms with Gasteiger partial charge in [-0.1, -0.05) is 18.2 Å². The average Bonchev–Trinajstić information content (AvgIpc) is 3.34. The molecule has 2 N–H and O–H groups in total. The maximum absolute atomic E-state index is 13.2. The molecule has 1 fully saturated rings. The molecule has 1 saturated heterocycles. The highest BCUT2D eigenvalue weighted by Crippen LogP contribution is 2.30. The first-order valence-electron chi connectivity index (χ1n) is 13.1. The van der Waals surface area contributed by atoms with Gasteiger partial charge < -0.3 is 15.2 Å². The molecule has 0 bridgehead atoms. The fourth-order valence-electron chi connectivity index (χ4n) is 5.02. The van der Waals surface area contributed by atoms with Gasteiger partial charge in [0.15, 0.2) is 5.78 Å². The molecule has 0 saturated carbocycles. The zero-order valence-corrected chi connectivity index (χ0v) is 22.3. The number of benzene rings is 1. The largest absolute Gasteiger partial charge is 0.508 e. The van der Waals surface area contributed by atoms with E-state index in [9.17, 15) is 24.3 Å². The Morgan fingerprint density at radius 3 is 2.62 bits per heavy atom. The maximum Gasteiger partial charge on any atom is 0.306 e. The van der Waals surface area contributed by atoms with Gasteiger partial charge in [-0.2, -0.15) is 0 Å². The van der Waals surface area contributed by atoms with Crippen molar-refractivity contribution < 1.29 is 29.0 Å². The number of phenols is 1. The summed E-state index contributed by atoms with van der Waals surface area (Å²) in [5.74, 6) is -1.31. The van der Waals surface area contributed by atoms with Crippen LogP contribution in [0.15, 0.2) is 41.8 Å². The van der Waals surface area contributed by atoms with E-state index >= 15 is 0 Å². The van der Waals surface area contributed by atoms with Crippen molar-refractivity contribution in [3.05, 3.63) is 52.2 Å². The molecule has 2 aromatic rings. The van der Waals surface area contributed by atoms with Crippen LogP contribution in [0.4, 0.5) is 0 Å². The SMILES string of the molecule is CCOC(=O)CC(CCCc1ccc(O)cc1)CC(=O)CC1C(=O)NCC(=O)CC1CCc1cccs1. The van der Waals surface area contributed by atoms with Crippen LogP contribution in [0.3, 0.4) is 0 Å². The number of rotatable bonds is 14. The zero-order valence-electron chi connectivity index (χ0n) is 21.4. The average molecular weight is 528 g/mol. The van der Waals surface area contributed by atoms with Gasteiger partial charge in [-0.05, 0) is 80.0 Å². The highest BCUT2D eigenvalue weighted by atomic mass is 32.1. The molecule has 7 nitrogen and oxygen atoms in total. The fraction of sp³-hybridized carbons (Fsp3) is 0.517. The maximum atomic E-state index is 13.2. The molecular weight excluding hydrogens is 490 g/mol. The summed E-state index contributed by atoms with van der Waals surface area (Å²) in [6.45, 7) is 2.06. The molecule has 1 aliphatic heterocycles. The Bertz CT molecular complexity index is 1030. The standard InChI is InChI=1S/C29H37NO6S/c1-2-36-28(34)16-21(6-3-5-20-8-11-23(31)12-9-20)15-24(32)18-27-22(10-13-26-7-4-14-37-26)17-25(33)19-30-29(27)35/h4,7-9,11-12,14,21-22,27,31H,2-3,5-6,10,13,15-19H2,1H3,(H,30,35). The number of aryl methyl sites for hydroxylation is 2. The molecule has 2 heterocycles. The van der Waals surface area contributed by atoms with Crippen molar-refractivity contribution in [1.82, 2.24) is 5.32 Å². The number of hydrogen-bond donors (Lipinski definition) is 2. The third-order valence-electron chi connectivity index (χ3n) is 6.94. The third kappa shape index (κ3) is 9.76. The molecule has 3 atom stereocenters. The highest BCUT2D eigenvalue weighted by Gasteiger charge is 2.35. The minimum absolute atomic E-state index is 0.00565. The van der Waals surface area contributed by atoms with Crippen LogP contribution >= 0.6 is 11.3 Å².